The monoisotopic (exact) mass is 352 g/mol. The lowest BCUT2D eigenvalue weighted by molar-refractivity contribution is 0.0776. The van der Waals surface area contributed by atoms with Crippen molar-refractivity contribution in [2.45, 2.75) is 12.1 Å². The van der Waals surface area contributed by atoms with Crippen molar-refractivity contribution in [3.63, 3.8) is 0 Å². The van der Waals surface area contributed by atoms with Crippen LogP contribution in [0.4, 0.5) is 4.39 Å². The molecule has 2 rings (SSSR count). The molecular weight excluding hydrogens is 338 g/mol. The normalized spacial score (nSPS) is 21.8. The number of rotatable bonds is 3. The van der Waals surface area contributed by atoms with Crippen LogP contribution in [0.25, 0.3) is 0 Å². The van der Waals surface area contributed by atoms with Crippen molar-refractivity contribution >= 4 is 34.2 Å². The van der Waals surface area contributed by atoms with Gasteiger partial charge in [0, 0.05) is 24.7 Å². The van der Waals surface area contributed by atoms with E-state index < -0.39 is 11.7 Å². The number of halogens is 3. The van der Waals surface area contributed by atoms with E-state index >= 15 is 0 Å². The Labute approximate surface area is 125 Å². The number of hydrogen-bond acceptors (Lipinski definition) is 3. The van der Waals surface area contributed by atoms with Crippen LogP contribution in [-0.4, -0.2) is 38.3 Å². The van der Waals surface area contributed by atoms with E-state index in [-0.39, 0.29) is 30.1 Å². The van der Waals surface area contributed by atoms with E-state index in [0.29, 0.717) is 17.6 Å². The van der Waals surface area contributed by atoms with Gasteiger partial charge in [0.25, 0.3) is 5.91 Å². The summed E-state index contributed by atoms with van der Waals surface area (Å²) in [7, 11) is 1.59. The Balaban J connectivity index is 0.00000180. The molecule has 1 amide bonds. The van der Waals surface area contributed by atoms with Crippen LogP contribution in [0.5, 0.6) is 0 Å². The first-order valence-electron chi connectivity index (χ1n) is 5.62. The lowest BCUT2D eigenvalue weighted by atomic mass is 10.1. The van der Waals surface area contributed by atoms with Crippen LogP contribution in [0.1, 0.15) is 10.4 Å². The molecule has 4 nitrogen and oxygen atoms in total. The fourth-order valence-electron chi connectivity index (χ4n) is 2.00. The van der Waals surface area contributed by atoms with Crippen molar-refractivity contribution in [2.75, 3.05) is 20.2 Å². The van der Waals surface area contributed by atoms with Crippen molar-refractivity contribution in [2.24, 2.45) is 0 Å². The molecule has 0 radical (unpaired) electrons. The van der Waals surface area contributed by atoms with Gasteiger partial charge in [-0.05, 0) is 28.1 Å². The fourth-order valence-corrected chi connectivity index (χ4v) is 2.52. The molecule has 0 spiro atoms. The number of nitrogens with one attached hydrogen (secondary N) is 2. The quantitative estimate of drug-likeness (QED) is 0.870. The molecule has 106 valence electrons. The standard InChI is InChI=1S/C12H14BrFN2O2.ClH/c1-18-10-6-15-5-9(10)16-12(17)11-7(13)3-2-4-8(11)14;/h2-4,9-10,15H,5-6H2,1H3,(H,16,17);1H. The number of hydrogen-bond donors (Lipinski definition) is 2. The van der Waals surface area contributed by atoms with Crippen LogP contribution in [0, 0.1) is 5.82 Å². The highest BCUT2D eigenvalue weighted by atomic mass is 79.9. The maximum Gasteiger partial charge on any atom is 0.255 e. The Bertz CT molecular complexity index is 441. The summed E-state index contributed by atoms with van der Waals surface area (Å²) in [6.07, 6.45) is -0.0838. The van der Waals surface area contributed by atoms with Gasteiger partial charge in [-0.2, -0.15) is 0 Å². The predicted molar refractivity (Wildman–Crippen MR) is 76.3 cm³/mol. The lowest BCUT2D eigenvalue weighted by Gasteiger charge is -2.19. The van der Waals surface area contributed by atoms with Gasteiger partial charge in [-0.15, -0.1) is 12.4 Å². The molecule has 0 bridgehead atoms. The highest BCUT2D eigenvalue weighted by molar-refractivity contribution is 9.10. The highest BCUT2D eigenvalue weighted by Gasteiger charge is 2.29. The zero-order chi connectivity index (χ0) is 13.1. The molecule has 1 fully saturated rings. The number of carbonyl (C=O) groups is 1. The zero-order valence-electron chi connectivity index (χ0n) is 10.3. The van der Waals surface area contributed by atoms with E-state index in [2.05, 4.69) is 26.6 Å². The Hall–Kier alpha value is -0.690. The maximum absolute atomic E-state index is 13.6. The first-order chi connectivity index (χ1) is 8.63. The minimum Gasteiger partial charge on any atom is -0.378 e. The lowest BCUT2D eigenvalue weighted by Crippen LogP contribution is -2.43. The molecule has 1 saturated heterocycles. The van der Waals surface area contributed by atoms with Gasteiger partial charge in [0.1, 0.15) is 5.82 Å². The third-order valence-corrected chi connectivity index (χ3v) is 3.63. The SMILES string of the molecule is COC1CNCC1NC(=O)c1c(F)cccc1Br.Cl. The van der Waals surface area contributed by atoms with Crippen molar-refractivity contribution in [1.29, 1.82) is 0 Å². The van der Waals surface area contributed by atoms with Crippen molar-refractivity contribution in [3.05, 3.63) is 34.1 Å². The first kappa shape index (κ1) is 16.4. The summed E-state index contributed by atoms with van der Waals surface area (Å²) in [6.45, 7) is 1.30. The van der Waals surface area contributed by atoms with Crippen LogP contribution in [-0.2, 0) is 4.74 Å². The van der Waals surface area contributed by atoms with Crippen molar-refractivity contribution in [3.8, 4) is 0 Å². The molecule has 0 saturated carbocycles. The molecule has 19 heavy (non-hydrogen) atoms. The van der Waals surface area contributed by atoms with Crippen LogP contribution in [0.15, 0.2) is 22.7 Å². The molecule has 7 heteroatoms. The molecule has 1 aliphatic rings. The molecule has 1 heterocycles. The molecule has 0 aromatic heterocycles. The number of amides is 1. The average Bonchev–Trinajstić information content (AvgIpc) is 2.76. The van der Waals surface area contributed by atoms with Crippen molar-refractivity contribution < 1.29 is 13.9 Å². The summed E-state index contributed by atoms with van der Waals surface area (Å²) in [5.41, 5.74) is 0.0271. The van der Waals surface area contributed by atoms with E-state index in [1.165, 1.54) is 6.07 Å². The summed E-state index contributed by atoms with van der Waals surface area (Å²) in [4.78, 5) is 12.0. The summed E-state index contributed by atoms with van der Waals surface area (Å²) < 4.78 is 19.3. The van der Waals surface area contributed by atoms with Crippen LogP contribution < -0.4 is 10.6 Å². The second kappa shape index (κ2) is 7.19. The number of carbonyl (C=O) groups excluding carboxylic acids is 1. The van der Waals surface area contributed by atoms with Gasteiger partial charge in [-0.1, -0.05) is 6.07 Å². The van der Waals surface area contributed by atoms with Gasteiger partial charge in [0.2, 0.25) is 0 Å². The first-order valence-corrected chi connectivity index (χ1v) is 6.41. The van der Waals surface area contributed by atoms with Gasteiger partial charge in [0.05, 0.1) is 17.7 Å². The second-order valence-corrected chi connectivity index (χ2v) is 4.96. The number of ether oxygens (including phenoxy) is 1. The smallest absolute Gasteiger partial charge is 0.255 e. The van der Waals surface area contributed by atoms with Gasteiger partial charge < -0.3 is 15.4 Å². The third kappa shape index (κ3) is 3.66. The van der Waals surface area contributed by atoms with Crippen molar-refractivity contribution in [1.82, 2.24) is 10.6 Å². The summed E-state index contributed by atoms with van der Waals surface area (Å²) in [6, 6.07) is 4.30. The Kier molecular flexibility index (Phi) is 6.19. The summed E-state index contributed by atoms with van der Waals surface area (Å²) in [5, 5.41) is 5.90. The largest absolute Gasteiger partial charge is 0.378 e. The predicted octanol–water partition coefficient (Wildman–Crippen LogP) is 1.73. The topological polar surface area (TPSA) is 50.4 Å². The highest BCUT2D eigenvalue weighted by Crippen LogP contribution is 2.20. The fraction of sp³-hybridized carbons (Fsp3) is 0.417. The molecule has 2 N–H and O–H groups in total. The molecular formula is C12H15BrClFN2O2. The Morgan fingerprint density at radius 3 is 2.89 bits per heavy atom. The van der Waals surface area contributed by atoms with Crippen LogP contribution >= 0.6 is 28.3 Å². The number of methoxy groups -OCH3 is 1. The van der Waals surface area contributed by atoms with Crippen LogP contribution in [0.3, 0.4) is 0 Å². The Morgan fingerprint density at radius 2 is 2.26 bits per heavy atom. The van der Waals surface area contributed by atoms with E-state index in [1.54, 1.807) is 19.2 Å². The van der Waals surface area contributed by atoms with E-state index in [0.717, 1.165) is 0 Å². The Morgan fingerprint density at radius 1 is 1.53 bits per heavy atom. The second-order valence-electron chi connectivity index (χ2n) is 4.11. The third-order valence-electron chi connectivity index (χ3n) is 2.97. The van der Waals surface area contributed by atoms with Crippen LogP contribution in [0.2, 0.25) is 0 Å². The number of benzene rings is 1. The minimum atomic E-state index is -0.540. The minimum absolute atomic E-state index is 0. The molecule has 1 aromatic rings. The van der Waals surface area contributed by atoms with E-state index in [9.17, 15) is 9.18 Å². The molecule has 2 unspecified atom stereocenters. The molecule has 2 atom stereocenters. The summed E-state index contributed by atoms with van der Waals surface area (Å²) in [5.74, 6) is -0.975. The molecule has 1 aliphatic heterocycles. The van der Waals surface area contributed by atoms with Gasteiger partial charge in [-0.25, -0.2) is 4.39 Å². The van der Waals surface area contributed by atoms with Gasteiger partial charge in [0.15, 0.2) is 0 Å². The summed E-state index contributed by atoms with van der Waals surface area (Å²) >= 11 is 3.18. The van der Waals surface area contributed by atoms with E-state index in [4.69, 9.17) is 4.74 Å². The van der Waals surface area contributed by atoms with E-state index in [1.807, 2.05) is 0 Å². The van der Waals surface area contributed by atoms with Gasteiger partial charge >= 0.3 is 0 Å². The zero-order valence-corrected chi connectivity index (χ0v) is 12.7. The molecule has 0 aliphatic carbocycles. The average molecular weight is 354 g/mol. The maximum atomic E-state index is 13.6. The van der Waals surface area contributed by atoms with Gasteiger partial charge in [-0.3, -0.25) is 4.79 Å². The molecule has 1 aromatic carbocycles.